The van der Waals surface area contributed by atoms with E-state index in [9.17, 15) is 9.59 Å². The van der Waals surface area contributed by atoms with Crippen molar-refractivity contribution in [1.29, 1.82) is 0 Å². The molecule has 4 nitrogen and oxygen atoms in total. The number of hydrogen-bond acceptors (Lipinski definition) is 2. The monoisotopic (exact) mass is 294 g/mol. The van der Waals surface area contributed by atoms with E-state index in [1.54, 1.807) is 0 Å². The highest BCUT2D eigenvalue weighted by atomic mass is 16.2. The van der Waals surface area contributed by atoms with Crippen LogP contribution in [0.4, 0.5) is 0 Å². The topological polar surface area (TPSA) is 40.6 Å². The molecule has 0 aromatic heterocycles. The lowest BCUT2D eigenvalue weighted by molar-refractivity contribution is -0.128. The minimum Gasteiger partial charge on any atom is -0.337 e. The van der Waals surface area contributed by atoms with Crippen LogP contribution in [0, 0.1) is 0 Å². The van der Waals surface area contributed by atoms with E-state index in [-0.39, 0.29) is 23.9 Å². The van der Waals surface area contributed by atoms with Gasteiger partial charge in [-0.25, -0.2) is 0 Å². The fourth-order valence-electron chi connectivity index (χ4n) is 2.22. The highest BCUT2D eigenvalue weighted by Crippen LogP contribution is 2.07. The van der Waals surface area contributed by atoms with Crippen molar-refractivity contribution in [3.63, 3.8) is 0 Å². The highest BCUT2D eigenvalue weighted by Gasteiger charge is 2.15. The fraction of sp³-hybridized carbons (Fsp3) is 0.647. The van der Waals surface area contributed by atoms with Gasteiger partial charge in [0.2, 0.25) is 11.8 Å². The van der Waals surface area contributed by atoms with Gasteiger partial charge in [-0.1, -0.05) is 13.2 Å². The first-order valence-electron chi connectivity index (χ1n) is 7.71. The number of carbonyl (C=O) groups is 2. The van der Waals surface area contributed by atoms with Crippen molar-refractivity contribution in [1.82, 2.24) is 9.80 Å². The van der Waals surface area contributed by atoms with Crippen LogP contribution in [-0.4, -0.2) is 46.8 Å². The Bertz CT molecular complexity index is 328. The fourth-order valence-corrected chi connectivity index (χ4v) is 2.22. The first-order chi connectivity index (χ1) is 9.84. The number of nitrogens with zero attached hydrogens (tertiary/aromatic N) is 2. The van der Waals surface area contributed by atoms with Crippen molar-refractivity contribution in [3.8, 4) is 0 Å². The van der Waals surface area contributed by atoms with Gasteiger partial charge in [-0.15, -0.1) is 0 Å². The zero-order valence-electron chi connectivity index (χ0n) is 14.0. The second-order valence-electron chi connectivity index (χ2n) is 5.72. The summed E-state index contributed by atoms with van der Waals surface area (Å²) in [6, 6.07) is 0.370. The summed E-state index contributed by atoms with van der Waals surface area (Å²) >= 11 is 0. The van der Waals surface area contributed by atoms with Crippen molar-refractivity contribution < 1.29 is 9.59 Å². The van der Waals surface area contributed by atoms with Gasteiger partial charge in [0.15, 0.2) is 0 Å². The van der Waals surface area contributed by atoms with Crippen molar-refractivity contribution in [2.24, 2.45) is 0 Å². The molecule has 21 heavy (non-hydrogen) atoms. The molecule has 0 fully saturated rings. The predicted octanol–water partition coefficient (Wildman–Crippen LogP) is 3.00. The van der Waals surface area contributed by atoms with E-state index >= 15 is 0 Å². The Hall–Kier alpha value is -1.58. The summed E-state index contributed by atoms with van der Waals surface area (Å²) in [5.41, 5.74) is 0. The molecule has 0 aliphatic heterocycles. The molecule has 0 N–H and O–H groups in total. The molecule has 0 atom stereocenters. The van der Waals surface area contributed by atoms with Gasteiger partial charge in [-0.05, 0) is 59.1 Å². The van der Waals surface area contributed by atoms with E-state index < -0.39 is 0 Å². The highest BCUT2D eigenvalue weighted by molar-refractivity contribution is 5.87. The summed E-state index contributed by atoms with van der Waals surface area (Å²) in [6.07, 6.45) is 5.59. The normalized spacial score (nSPS) is 10.6. The average Bonchev–Trinajstić information content (AvgIpc) is 2.44. The van der Waals surface area contributed by atoms with Crippen molar-refractivity contribution in [2.75, 3.05) is 13.1 Å². The Labute approximate surface area is 129 Å². The van der Waals surface area contributed by atoms with Gasteiger partial charge in [0.05, 0.1) is 0 Å². The van der Waals surface area contributed by atoms with Gasteiger partial charge in [-0.3, -0.25) is 9.59 Å². The van der Waals surface area contributed by atoms with Crippen molar-refractivity contribution >= 4 is 11.8 Å². The van der Waals surface area contributed by atoms with E-state index in [1.807, 2.05) is 37.5 Å². The third-order valence-electron chi connectivity index (χ3n) is 3.46. The molecule has 0 rings (SSSR count). The summed E-state index contributed by atoms with van der Waals surface area (Å²) in [4.78, 5) is 27.0. The molecular weight excluding hydrogens is 264 g/mol. The standard InChI is InChI=1S/C17H30N2O2/c1-7-16(20)18(14(3)4)12-10-9-11-13-19(15(5)6)17(21)8-2/h7-8,14-15H,1-2,9-13H2,3-6H3. The predicted molar refractivity (Wildman–Crippen MR) is 87.9 cm³/mol. The first-order valence-corrected chi connectivity index (χ1v) is 7.71. The molecule has 0 bridgehead atoms. The molecule has 0 saturated heterocycles. The molecule has 0 unspecified atom stereocenters. The summed E-state index contributed by atoms with van der Waals surface area (Å²) in [5.74, 6) is -0.0358. The second kappa shape index (κ2) is 10.2. The largest absolute Gasteiger partial charge is 0.337 e. The van der Waals surface area contributed by atoms with Crippen LogP contribution in [0.25, 0.3) is 0 Å². The molecular formula is C17H30N2O2. The lowest BCUT2D eigenvalue weighted by Crippen LogP contribution is -2.37. The van der Waals surface area contributed by atoms with Crippen LogP contribution in [0.1, 0.15) is 47.0 Å². The maximum atomic E-state index is 11.7. The second-order valence-corrected chi connectivity index (χ2v) is 5.72. The minimum atomic E-state index is -0.0179. The van der Waals surface area contributed by atoms with E-state index in [1.165, 1.54) is 12.2 Å². The Morgan fingerprint density at radius 3 is 1.38 bits per heavy atom. The quantitative estimate of drug-likeness (QED) is 0.459. The zero-order valence-corrected chi connectivity index (χ0v) is 14.0. The van der Waals surface area contributed by atoms with Gasteiger partial charge in [0.1, 0.15) is 0 Å². The summed E-state index contributed by atoms with van der Waals surface area (Å²) in [7, 11) is 0. The number of carbonyl (C=O) groups excluding carboxylic acids is 2. The van der Waals surface area contributed by atoms with Gasteiger partial charge in [0.25, 0.3) is 0 Å². The zero-order chi connectivity index (χ0) is 16.4. The molecule has 0 aromatic carbocycles. The van der Waals surface area contributed by atoms with Crippen molar-refractivity contribution in [2.45, 2.75) is 59.0 Å². The molecule has 0 aliphatic carbocycles. The van der Waals surface area contributed by atoms with Crippen LogP contribution < -0.4 is 0 Å². The molecule has 0 aromatic rings. The molecule has 2 amide bonds. The van der Waals surface area contributed by atoms with Crippen LogP contribution >= 0.6 is 0 Å². The summed E-state index contributed by atoms with van der Waals surface area (Å²) < 4.78 is 0. The Morgan fingerprint density at radius 2 is 1.14 bits per heavy atom. The van der Waals surface area contributed by atoms with Crippen LogP contribution in [0.5, 0.6) is 0 Å². The number of amides is 2. The third-order valence-corrected chi connectivity index (χ3v) is 3.46. The molecule has 4 heteroatoms. The van der Waals surface area contributed by atoms with E-state index in [0.29, 0.717) is 0 Å². The molecule has 120 valence electrons. The van der Waals surface area contributed by atoms with Crippen LogP contribution in [0.2, 0.25) is 0 Å². The SMILES string of the molecule is C=CC(=O)N(CCCCCN(C(=O)C=C)C(C)C)C(C)C. The van der Waals surface area contributed by atoms with Gasteiger partial charge in [0, 0.05) is 25.2 Å². The Kier molecular flexibility index (Phi) is 9.42. The van der Waals surface area contributed by atoms with E-state index in [0.717, 1.165) is 32.4 Å². The lowest BCUT2D eigenvalue weighted by atomic mass is 10.2. The van der Waals surface area contributed by atoms with Crippen LogP contribution in [0.15, 0.2) is 25.3 Å². The van der Waals surface area contributed by atoms with Crippen LogP contribution in [-0.2, 0) is 9.59 Å². The summed E-state index contributed by atoms with van der Waals surface area (Å²) in [6.45, 7) is 16.6. The van der Waals surface area contributed by atoms with E-state index in [4.69, 9.17) is 0 Å². The van der Waals surface area contributed by atoms with Gasteiger partial charge in [-0.2, -0.15) is 0 Å². The van der Waals surface area contributed by atoms with Crippen LogP contribution in [0.3, 0.4) is 0 Å². The molecule has 0 radical (unpaired) electrons. The number of hydrogen-bond donors (Lipinski definition) is 0. The number of unbranched alkanes of at least 4 members (excludes halogenated alkanes) is 2. The molecule has 0 aliphatic rings. The summed E-state index contributed by atoms with van der Waals surface area (Å²) in [5, 5.41) is 0. The average molecular weight is 294 g/mol. The third kappa shape index (κ3) is 7.11. The number of rotatable bonds is 10. The molecule has 0 saturated carbocycles. The Balaban J connectivity index is 4.13. The smallest absolute Gasteiger partial charge is 0.246 e. The Morgan fingerprint density at radius 1 is 0.810 bits per heavy atom. The van der Waals surface area contributed by atoms with Crippen molar-refractivity contribution in [3.05, 3.63) is 25.3 Å². The minimum absolute atomic E-state index is 0.0179. The first kappa shape index (κ1) is 19.4. The van der Waals surface area contributed by atoms with Gasteiger partial charge < -0.3 is 9.80 Å². The van der Waals surface area contributed by atoms with Gasteiger partial charge >= 0.3 is 0 Å². The van der Waals surface area contributed by atoms with E-state index in [2.05, 4.69) is 13.2 Å². The maximum Gasteiger partial charge on any atom is 0.246 e. The maximum absolute atomic E-state index is 11.7. The lowest BCUT2D eigenvalue weighted by Gasteiger charge is -2.27. The molecule has 0 heterocycles. The molecule has 0 spiro atoms.